The van der Waals surface area contributed by atoms with Crippen molar-refractivity contribution in [2.45, 2.75) is 12.8 Å². The molecule has 3 aromatic carbocycles. The third-order valence-corrected chi connectivity index (χ3v) is 5.92. The molecule has 1 aromatic heterocycles. The van der Waals surface area contributed by atoms with E-state index in [1.54, 1.807) is 6.21 Å². The van der Waals surface area contributed by atoms with Gasteiger partial charge in [-0.15, -0.1) is 0 Å². The third-order valence-electron chi connectivity index (χ3n) is 5.92. The van der Waals surface area contributed by atoms with Crippen LogP contribution in [0.3, 0.4) is 0 Å². The molecule has 5 rings (SSSR count). The summed E-state index contributed by atoms with van der Waals surface area (Å²) >= 11 is 0. The quantitative estimate of drug-likeness (QED) is 0.212. The lowest BCUT2D eigenvalue weighted by Gasteiger charge is -2.30. The van der Waals surface area contributed by atoms with Crippen LogP contribution in [-0.2, 0) is 0 Å². The molecule has 178 valence electrons. The number of nitrogens with one attached hydrogen (secondary N) is 1. The summed E-state index contributed by atoms with van der Waals surface area (Å²) < 4.78 is 11.3. The number of furan rings is 1. The molecule has 2 heterocycles. The fourth-order valence-corrected chi connectivity index (χ4v) is 4.24. The zero-order valence-electron chi connectivity index (χ0n) is 19.3. The van der Waals surface area contributed by atoms with Gasteiger partial charge in [-0.2, -0.15) is 5.10 Å². The molecule has 0 aliphatic carbocycles. The Morgan fingerprint density at radius 3 is 2.36 bits per heavy atom. The van der Waals surface area contributed by atoms with Gasteiger partial charge in [-0.05, 0) is 30.2 Å². The number of rotatable bonds is 6. The van der Waals surface area contributed by atoms with E-state index in [4.69, 9.17) is 9.15 Å². The molecule has 8 heteroatoms. The minimum absolute atomic E-state index is 0.211. The van der Waals surface area contributed by atoms with Crippen LogP contribution < -0.4 is 10.2 Å². The summed E-state index contributed by atoms with van der Waals surface area (Å²) in [6.45, 7) is 2.05. The minimum Gasteiger partial charge on any atom is -0.456 e. The van der Waals surface area contributed by atoms with Crippen molar-refractivity contribution < 1.29 is 18.9 Å². The molecule has 0 fully saturated rings. The maximum Gasteiger partial charge on any atom is 0.433 e. The fourth-order valence-electron chi connectivity index (χ4n) is 4.24. The number of nitro groups is 1. The van der Waals surface area contributed by atoms with E-state index < -0.39 is 16.7 Å². The van der Waals surface area contributed by atoms with Gasteiger partial charge in [0.1, 0.15) is 16.4 Å². The number of amides is 1. The molecule has 36 heavy (non-hydrogen) atoms. The standard InChI is InChI=1S/C28H21N3O5/c1-18-9-5-6-12-20(18)26-21-13-7-8-14-23(21)36-27(19-10-3-2-4-11-19)22(26)17-29-30-28(32)24-15-16-25(35-24)31(33)34/h2-17,26H,1H3,(H,30,32). The summed E-state index contributed by atoms with van der Waals surface area (Å²) in [5, 5.41) is 15.0. The molecule has 8 nitrogen and oxygen atoms in total. The lowest BCUT2D eigenvalue weighted by molar-refractivity contribution is -0.402. The van der Waals surface area contributed by atoms with Crippen molar-refractivity contribution in [2.24, 2.45) is 5.10 Å². The average Bonchev–Trinajstić information content (AvgIpc) is 3.40. The van der Waals surface area contributed by atoms with Gasteiger partial charge in [0.2, 0.25) is 5.76 Å². The Morgan fingerprint density at radius 2 is 1.64 bits per heavy atom. The highest BCUT2D eigenvalue weighted by atomic mass is 16.6. The molecule has 1 unspecified atom stereocenters. The number of fused-ring (bicyclic) bond motifs is 1. The average molecular weight is 479 g/mol. The van der Waals surface area contributed by atoms with E-state index in [1.807, 2.05) is 66.7 Å². The van der Waals surface area contributed by atoms with Gasteiger partial charge in [0, 0.05) is 22.6 Å². The highest BCUT2D eigenvalue weighted by Crippen LogP contribution is 2.45. The number of carbonyl (C=O) groups excluding carboxylic acids is 1. The van der Waals surface area contributed by atoms with E-state index in [2.05, 4.69) is 29.6 Å². The third kappa shape index (κ3) is 4.39. The van der Waals surface area contributed by atoms with Crippen molar-refractivity contribution in [1.82, 2.24) is 5.43 Å². The fraction of sp³-hybridized carbons (Fsp3) is 0.0714. The molecule has 1 N–H and O–H groups in total. The summed E-state index contributed by atoms with van der Waals surface area (Å²) in [6.07, 6.45) is 1.56. The van der Waals surface area contributed by atoms with Crippen LogP contribution in [-0.4, -0.2) is 17.0 Å². The van der Waals surface area contributed by atoms with Crippen molar-refractivity contribution in [3.05, 3.63) is 135 Å². The summed E-state index contributed by atoms with van der Waals surface area (Å²) in [6, 6.07) is 28.0. The summed E-state index contributed by atoms with van der Waals surface area (Å²) in [7, 11) is 0. The molecule has 1 amide bonds. The highest BCUT2D eigenvalue weighted by Gasteiger charge is 2.31. The first-order valence-corrected chi connectivity index (χ1v) is 11.2. The number of hydrogen-bond donors (Lipinski definition) is 1. The van der Waals surface area contributed by atoms with Crippen molar-refractivity contribution in [1.29, 1.82) is 0 Å². The number of hydrogen-bond acceptors (Lipinski definition) is 6. The van der Waals surface area contributed by atoms with E-state index in [0.717, 1.165) is 39.6 Å². The number of carbonyl (C=O) groups is 1. The number of hydrazone groups is 1. The van der Waals surface area contributed by atoms with Crippen LogP contribution in [0.25, 0.3) is 5.76 Å². The first kappa shape index (κ1) is 22.8. The predicted molar refractivity (Wildman–Crippen MR) is 135 cm³/mol. The summed E-state index contributed by atoms with van der Waals surface area (Å²) in [5.74, 6) is -0.280. The molecule has 1 aliphatic heterocycles. The number of ether oxygens (including phenoxy) is 1. The molecule has 0 radical (unpaired) electrons. The van der Waals surface area contributed by atoms with Crippen molar-refractivity contribution in [2.75, 3.05) is 0 Å². The second kappa shape index (κ2) is 9.71. The maximum absolute atomic E-state index is 12.5. The summed E-state index contributed by atoms with van der Waals surface area (Å²) in [5.41, 5.74) is 7.17. The normalized spacial score (nSPS) is 14.9. The second-order valence-corrected chi connectivity index (χ2v) is 8.17. The maximum atomic E-state index is 12.5. The molecule has 1 aliphatic rings. The Hall–Kier alpha value is -4.98. The Morgan fingerprint density at radius 1 is 0.944 bits per heavy atom. The van der Waals surface area contributed by atoms with Crippen LogP contribution in [0, 0.1) is 17.0 Å². The van der Waals surface area contributed by atoms with Crippen LogP contribution in [0.4, 0.5) is 5.88 Å². The van der Waals surface area contributed by atoms with Gasteiger partial charge in [-0.25, -0.2) is 5.43 Å². The van der Waals surface area contributed by atoms with Crippen LogP contribution >= 0.6 is 0 Å². The van der Waals surface area contributed by atoms with Crippen LogP contribution in [0.15, 0.2) is 106 Å². The van der Waals surface area contributed by atoms with Crippen LogP contribution in [0.5, 0.6) is 5.75 Å². The van der Waals surface area contributed by atoms with Gasteiger partial charge < -0.3 is 9.15 Å². The smallest absolute Gasteiger partial charge is 0.433 e. The van der Waals surface area contributed by atoms with Crippen LogP contribution in [0.1, 0.15) is 38.7 Å². The monoisotopic (exact) mass is 479 g/mol. The van der Waals surface area contributed by atoms with Gasteiger partial charge in [-0.1, -0.05) is 72.8 Å². The van der Waals surface area contributed by atoms with E-state index >= 15 is 0 Å². The molecule has 4 aromatic rings. The van der Waals surface area contributed by atoms with Gasteiger partial charge in [-0.3, -0.25) is 14.9 Å². The van der Waals surface area contributed by atoms with E-state index in [9.17, 15) is 14.9 Å². The number of benzene rings is 3. The first-order valence-electron chi connectivity index (χ1n) is 11.2. The topological polar surface area (TPSA) is 107 Å². The van der Waals surface area contributed by atoms with Crippen LogP contribution in [0.2, 0.25) is 0 Å². The highest BCUT2D eigenvalue weighted by molar-refractivity contribution is 5.96. The molecule has 0 saturated carbocycles. The Bertz CT molecular complexity index is 1500. The largest absolute Gasteiger partial charge is 0.456 e. The molecule has 0 saturated heterocycles. The molecular weight excluding hydrogens is 458 g/mol. The van der Waals surface area contributed by atoms with Crippen molar-refractivity contribution >= 4 is 23.8 Å². The lowest BCUT2D eigenvalue weighted by Crippen LogP contribution is -2.21. The molecule has 0 spiro atoms. The van der Waals surface area contributed by atoms with Gasteiger partial charge in [0.25, 0.3) is 0 Å². The van der Waals surface area contributed by atoms with E-state index in [-0.39, 0.29) is 11.7 Å². The van der Waals surface area contributed by atoms with Crippen molar-refractivity contribution in [3.63, 3.8) is 0 Å². The lowest BCUT2D eigenvalue weighted by atomic mass is 9.80. The van der Waals surface area contributed by atoms with Gasteiger partial charge in [0.15, 0.2) is 0 Å². The zero-order valence-corrected chi connectivity index (χ0v) is 19.3. The number of allylic oxidation sites excluding steroid dienone is 1. The van der Waals surface area contributed by atoms with Gasteiger partial charge >= 0.3 is 11.8 Å². The van der Waals surface area contributed by atoms with Gasteiger partial charge in [0.05, 0.1) is 12.3 Å². The Balaban J connectivity index is 1.59. The Kier molecular flexibility index (Phi) is 6.15. The second-order valence-electron chi connectivity index (χ2n) is 8.17. The van der Waals surface area contributed by atoms with E-state index in [1.165, 1.54) is 6.07 Å². The number of nitrogens with zero attached hydrogens (tertiary/aromatic N) is 2. The van der Waals surface area contributed by atoms with E-state index in [0.29, 0.717) is 5.76 Å². The minimum atomic E-state index is -0.708. The summed E-state index contributed by atoms with van der Waals surface area (Å²) in [4.78, 5) is 22.6. The first-order chi connectivity index (χ1) is 17.5. The zero-order chi connectivity index (χ0) is 25.1. The number of aryl methyl sites for hydroxylation is 1. The predicted octanol–water partition coefficient (Wildman–Crippen LogP) is 5.85. The molecule has 0 bridgehead atoms. The SMILES string of the molecule is Cc1ccccc1C1C(C=NNC(=O)c2ccc([N+](=O)[O-])o2)=C(c2ccccc2)Oc2ccccc21. The Labute approximate surface area is 206 Å². The molecule has 1 atom stereocenters. The molecular formula is C28H21N3O5. The number of para-hydroxylation sites is 1. The van der Waals surface area contributed by atoms with Crippen molar-refractivity contribution in [3.8, 4) is 5.75 Å².